The molecule has 3 N–H and O–H groups in total. The van der Waals surface area contributed by atoms with Gasteiger partial charge >= 0.3 is 7.60 Å². The van der Waals surface area contributed by atoms with Crippen LogP contribution in [0.2, 0.25) is 0 Å². The number of carbonyl (C=O) groups excluding carboxylic acids is 3. The summed E-state index contributed by atoms with van der Waals surface area (Å²) in [7, 11) is -0.693. The summed E-state index contributed by atoms with van der Waals surface area (Å²) in [6.45, 7) is 6.24. The summed E-state index contributed by atoms with van der Waals surface area (Å²) in [5.74, 6) is -1.49. The van der Waals surface area contributed by atoms with Gasteiger partial charge in [0.1, 0.15) is 11.5 Å². The first kappa shape index (κ1) is 38.5. The third kappa shape index (κ3) is 11.6. The van der Waals surface area contributed by atoms with Gasteiger partial charge in [0.2, 0.25) is 11.8 Å². The Hall–Kier alpha value is -3.96. The molecule has 12 nitrogen and oxygen atoms in total. The van der Waals surface area contributed by atoms with Gasteiger partial charge in [0, 0.05) is 25.7 Å². The zero-order chi connectivity index (χ0) is 34.9. The predicted octanol–water partition coefficient (Wildman–Crippen LogP) is 6.61. The second-order valence-electron chi connectivity index (χ2n) is 11.2. The van der Waals surface area contributed by atoms with Crippen molar-refractivity contribution in [2.45, 2.75) is 65.6 Å². The van der Waals surface area contributed by atoms with Crippen LogP contribution in [0.1, 0.15) is 74.6 Å². The molecule has 1 aromatic heterocycles. The lowest BCUT2D eigenvalue weighted by atomic mass is 9.84. The summed E-state index contributed by atoms with van der Waals surface area (Å²) in [4.78, 5) is 44.8. The van der Waals surface area contributed by atoms with Crippen LogP contribution < -0.4 is 20.9 Å². The fraction of sp³-hybridized carbons (Fsp3) is 0.457. The van der Waals surface area contributed by atoms with E-state index in [9.17, 15) is 18.9 Å². The quantitative estimate of drug-likeness (QED) is 0.0487. The van der Waals surface area contributed by atoms with Crippen LogP contribution in [0.5, 0.6) is 5.75 Å². The molecule has 13 heteroatoms. The van der Waals surface area contributed by atoms with Crippen LogP contribution in [0, 0.1) is 11.8 Å². The van der Waals surface area contributed by atoms with E-state index in [1.165, 1.54) is 20.3 Å². The maximum absolute atomic E-state index is 13.3. The van der Waals surface area contributed by atoms with Crippen LogP contribution in [0.4, 0.5) is 0 Å². The van der Waals surface area contributed by atoms with Crippen LogP contribution in [-0.4, -0.2) is 45.2 Å². The topological polar surface area (TPSA) is 154 Å². The molecule has 262 valence electrons. The average Bonchev–Trinajstić information content (AvgIpc) is 3.59. The minimum absolute atomic E-state index is 0.0162. The number of carbonyl (C=O) groups is 3. The molecule has 0 aliphatic rings. The molecule has 3 aromatic rings. The van der Waals surface area contributed by atoms with Gasteiger partial charge in [-0.25, -0.2) is 5.48 Å². The van der Waals surface area contributed by atoms with Gasteiger partial charge in [-0.3, -0.25) is 23.8 Å². The Labute approximate surface area is 282 Å². The van der Waals surface area contributed by atoms with Gasteiger partial charge in [0.15, 0.2) is 5.76 Å². The lowest BCUT2D eigenvalue weighted by molar-refractivity contribution is -0.144. The highest BCUT2D eigenvalue weighted by atomic mass is 31.2. The monoisotopic (exact) mass is 685 g/mol. The van der Waals surface area contributed by atoms with Crippen molar-refractivity contribution < 1.29 is 42.0 Å². The number of amides is 3. The van der Waals surface area contributed by atoms with Crippen molar-refractivity contribution in [1.82, 2.24) is 16.1 Å². The minimum atomic E-state index is -3.34. The molecule has 1 heterocycles. The van der Waals surface area contributed by atoms with Gasteiger partial charge in [-0.1, -0.05) is 63.4 Å². The van der Waals surface area contributed by atoms with Crippen molar-refractivity contribution in [3.05, 3.63) is 77.6 Å². The SMILES string of the molecule is CCCCC[C@@H](C(=O)NCNC(=O)c1ccc(-c2cc(CP(=O)(OC)OC)cc(OCC)c2)o1)[C@@H](CC)C(=O)NOCc1ccccc1. The number of ether oxygens (including phenoxy) is 1. The second-order valence-corrected chi connectivity index (χ2v) is 13.4. The van der Waals surface area contributed by atoms with E-state index in [0.717, 1.165) is 24.8 Å². The third-order valence-electron chi connectivity index (χ3n) is 7.81. The zero-order valence-corrected chi connectivity index (χ0v) is 29.3. The maximum atomic E-state index is 13.3. The Morgan fingerprint density at radius 1 is 0.854 bits per heavy atom. The first-order valence-corrected chi connectivity index (χ1v) is 18.0. The molecule has 0 aliphatic heterocycles. The molecular formula is C35H48N3O9P. The molecule has 0 radical (unpaired) electrons. The van der Waals surface area contributed by atoms with Crippen molar-refractivity contribution in [2.24, 2.45) is 11.8 Å². The number of unbranched alkanes of at least 4 members (excludes halogenated alkanes) is 2. The Morgan fingerprint density at radius 3 is 2.27 bits per heavy atom. The third-order valence-corrected chi connectivity index (χ3v) is 9.67. The number of hydroxylamine groups is 1. The Kier molecular flexibility index (Phi) is 15.8. The number of benzene rings is 2. The lowest BCUT2D eigenvalue weighted by Gasteiger charge is -2.24. The first-order valence-electron chi connectivity index (χ1n) is 16.3. The van der Waals surface area contributed by atoms with E-state index in [0.29, 0.717) is 42.1 Å². The van der Waals surface area contributed by atoms with E-state index in [1.54, 1.807) is 24.3 Å². The predicted molar refractivity (Wildman–Crippen MR) is 182 cm³/mol. The Morgan fingerprint density at radius 2 is 1.60 bits per heavy atom. The van der Waals surface area contributed by atoms with Crippen molar-refractivity contribution in [3.63, 3.8) is 0 Å². The van der Waals surface area contributed by atoms with E-state index >= 15 is 0 Å². The number of rotatable bonds is 21. The molecular weight excluding hydrogens is 637 g/mol. The fourth-order valence-electron chi connectivity index (χ4n) is 5.24. The molecule has 0 spiro atoms. The Bertz CT molecular complexity index is 1500. The van der Waals surface area contributed by atoms with E-state index in [1.807, 2.05) is 44.2 Å². The summed E-state index contributed by atoms with van der Waals surface area (Å²) >= 11 is 0. The second kappa shape index (κ2) is 19.8. The van der Waals surface area contributed by atoms with Crippen LogP contribution in [-0.2, 0) is 40.8 Å². The molecule has 0 unspecified atom stereocenters. The molecule has 0 saturated carbocycles. The normalized spacial score (nSPS) is 12.6. The van der Waals surface area contributed by atoms with Crippen LogP contribution in [0.15, 0.2) is 65.1 Å². The van der Waals surface area contributed by atoms with Crippen LogP contribution >= 0.6 is 7.60 Å². The molecule has 2 aromatic carbocycles. The van der Waals surface area contributed by atoms with Gasteiger partial charge in [-0.05, 0) is 61.2 Å². The summed E-state index contributed by atoms with van der Waals surface area (Å²) in [6, 6.07) is 17.9. The van der Waals surface area contributed by atoms with Gasteiger partial charge in [-0.15, -0.1) is 0 Å². The van der Waals surface area contributed by atoms with Crippen molar-refractivity contribution in [1.29, 1.82) is 0 Å². The molecule has 0 aliphatic carbocycles. The highest BCUT2D eigenvalue weighted by Gasteiger charge is 2.32. The molecule has 2 atom stereocenters. The largest absolute Gasteiger partial charge is 0.494 e. The molecule has 0 saturated heterocycles. The number of hydrogen-bond acceptors (Lipinski definition) is 9. The fourth-order valence-corrected chi connectivity index (χ4v) is 6.28. The van der Waals surface area contributed by atoms with Crippen LogP contribution in [0.3, 0.4) is 0 Å². The molecule has 0 fully saturated rings. The number of hydrogen-bond donors (Lipinski definition) is 3. The maximum Gasteiger partial charge on any atom is 0.334 e. The van der Waals surface area contributed by atoms with Crippen molar-refractivity contribution in [2.75, 3.05) is 27.5 Å². The van der Waals surface area contributed by atoms with Crippen molar-refractivity contribution in [3.8, 4) is 17.1 Å². The average molecular weight is 686 g/mol. The Balaban J connectivity index is 1.63. The van der Waals surface area contributed by atoms with Gasteiger partial charge in [-0.2, -0.15) is 0 Å². The molecule has 3 amide bonds. The van der Waals surface area contributed by atoms with Gasteiger partial charge in [0.05, 0.1) is 32.0 Å². The van der Waals surface area contributed by atoms with E-state index in [2.05, 4.69) is 23.0 Å². The van der Waals surface area contributed by atoms with Crippen LogP contribution in [0.25, 0.3) is 11.3 Å². The molecule has 3 rings (SSSR count). The molecule has 0 bridgehead atoms. The number of furan rings is 1. The van der Waals surface area contributed by atoms with Crippen molar-refractivity contribution >= 4 is 25.3 Å². The first-order chi connectivity index (χ1) is 23.2. The standard InChI is InChI=1S/C35H48N3O9P/c1-6-9-11-16-30(29(7-2)34(40)38-46-22-25-14-12-10-13-15-25)33(39)36-24-37-35(41)32-18-17-31(47-32)27-19-26(20-28(21-27)45-8-3)23-48(42,43-4)44-5/h10,12-15,17-21,29-30H,6-9,11,16,22-24H2,1-5H3,(H,36,39)(H,37,41)(H,38,40)/t29-,30-/m1/s1. The minimum Gasteiger partial charge on any atom is -0.494 e. The highest BCUT2D eigenvalue weighted by Crippen LogP contribution is 2.50. The van der Waals surface area contributed by atoms with E-state index < -0.39 is 25.3 Å². The summed E-state index contributed by atoms with van der Waals surface area (Å²) in [5, 5.41) is 5.42. The lowest BCUT2D eigenvalue weighted by Crippen LogP contribution is -2.45. The van der Waals surface area contributed by atoms with E-state index in [4.69, 9.17) is 23.0 Å². The van der Waals surface area contributed by atoms with E-state index in [-0.39, 0.29) is 37.0 Å². The smallest absolute Gasteiger partial charge is 0.334 e. The summed E-state index contributed by atoms with van der Waals surface area (Å²) in [6.07, 6.45) is 3.65. The zero-order valence-electron chi connectivity index (χ0n) is 28.4. The molecule has 48 heavy (non-hydrogen) atoms. The highest BCUT2D eigenvalue weighted by molar-refractivity contribution is 7.52. The number of nitrogens with one attached hydrogen (secondary N) is 3. The summed E-state index contributed by atoms with van der Waals surface area (Å²) < 4.78 is 34.5. The van der Waals surface area contributed by atoms with Gasteiger partial charge in [0.25, 0.3) is 5.91 Å². The summed E-state index contributed by atoms with van der Waals surface area (Å²) in [5.41, 5.74) is 4.67. The van der Waals surface area contributed by atoms with Gasteiger partial charge < -0.3 is 28.8 Å².